The summed E-state index contributed by atoms with van der Waals surface area (Å²) in [6.45, 7) is 0.963. The molecule has 0 bridgehead atoms. The molecule has 8 heteroatoms. The van der Waals surface area contributed by atoms with Crippen LogP contribution >= 0.6 is 15.9 Å². The first kappa shape index (κ1) is 16.3. The van der Waals surface area contributed by atoms with Crippen LogP contribution in [-0.2, 0) is 9.53 Å². The predicted molar refractivity (Wildman–Crippen MR) is 79.9 cm³/mol. The second kappa shape index (κ2) is 6.52. The monoisotopic (exact) mass is 395 g/mol. The van der Waals surface area contributed by atoms with Gasteiger partial charge in [-0.25, -0.2) is 4.79 Å². The number of halogens is 4. The van der Waals surface area contributed by atoms with Crippen molar-refractivity contribution in [1.82, 2.24) is 0 Å². The Hall–Kier alpha value is -1.54. The maximum absolute atomic E-state index is 13.3. The molecule has 1 aliphatic rings. The van der Waals surface area contributed by atoms with E-state index in [0.717, 1.165) is 6.08 Å². The molecular weight excluding hydrogens is 381 g/mol. The number of esters is 1. The second-order valence-electron chi connectivity index (χ2n) is 4.79. The smallest absolute Gasteiger partial charge is 0.430 e. The molecule has 1 aromatic carbocycles. The van der Waals surface area contributed by atoms with Gasteiger partial charge < -0.3 is 14.6 Å². The van der Waals surface area contributed by atoms with Gasteiger partial charge in [0.1, 0.15) is 5.75 Å². The van der Waals surface area contributed by atoms with Gasteiger partial charge in [-0.3, -0.25) is 0 Å². The Kier molecular flexibility index (Phi) is 4.63. The number of alkyl halides is 3. The summed E-state index contributed by atoms with van der Waals surface area (Å²) in [7, 11) is 0. The average molecular weight is 396 g/mol. The number of carbonyl (C=O) groups is 1. The van der Waals surface area contributed by atoms with E-state index >= 15 is 0 Å². The third-order valence-corrected chi connectivity index (χ3v) is 3.57. The molecule has 1 heterocycles. The van der Waals surface area contributed by atoms with Crippen LogP contribution in [0.1, 0.15) is 32.4 Å². The van der Waals surface area contributed by atoms with Crippen LogP contribution in [0.2, 0.25) is 0 Å². The molecule has 1 N–H and O–H groups in total. The molecule has 23 heavy (non-hydrogen) atoms. The van der Waals surface area contributed by atoms with Gasteiger partial charge in [-0.05, 0) is 32.0 Å². The van der Waals surface area contributed by atoms with Gasteiger partial charge in [-0.2, -0.15) is 13.2 Å². The molecule has 2 atom stereocenters. The molecule has 1 aromatic rings. The molecule has 0 amide bonds. The number of carbonyl (C=O) groups excluding carboxylic acids is 1. The number of fused-ring (bicyclic) bond motifs is 1. The van der Waals surface area contributed by atoms with Crippen molar-refractivity contribution in [3.63, 3.8) is 0 Å². The molecule has 126 valence electrons. The Balaban J connectivity index is 2.61. The van der Waals surface area contributed by atoms with Gasteiger partial charge in [0, 0.05) is 17.0 Å². The molecule has 0 saturated heterocycles. The molecule has 2 unspecified atom stereocenters. The summed E-state index contributed by atoms with van der Waals surface area (Å²) in [5.74, 6) is -1.32. The SMILES string of the molecule is [2H]CC(O)c1cc(Br)cc2c1OC(C(F)(F)F)C(C(=O)OCC)=C2. The second-order valence-corrected chi connectivity index (χ2v) is 5.70. The summed E-state index contributed by atoms with van der Waals surface area (Å²) in [5.41, 5.74) is -0.431. The molecule has 0 aliphatic carbocycles. The third kappa shape index (κ3) is 3.69. The highest BCUT2D eigenvalue weighted by Gasteiger charge is 2.49. The predicted octanol–water partition coefficient (Wildman–Crippen LogP) is 3.77. The number of rotatable bonds is 3. The molecule has 0 aromatic heterocycles. The molecule has 0 saturated carbocycles. The van der Waals surface area contributed by atoms with E-state index in [1.54, 1.807) is 0 Å². The lowest BCUT2D eigenvalue weighted by Crippen LogP contribution is -2.41. The van der Waals surface area contributed by atoms with Crippen molar-refractivity contribution < 1.29 is 33.9 Å². The van der Waals surface area contributed by atoms with Crippen LogP contribution in [0.15, 0.2) is 22.2 Å². The fourth-order valence-electron chi connectivity index (χ4n) is 2.18. The fraction of sp³-hybridized carbons (Fsp3) is 0.400. The summed E-state index contributed by atoms with van der Waals surface area (Å²) in [6, 6.07) is 2.84. The third-order valence-electron chi connectivity index (χ3n) is 3.11. The van der Waals surface area contributed by atoms with E-state index in [0.29, 0.717) is 4.47 Å². The van der Waals surface area contributed by atoms with E-state index in [1.165, 1.54) is 19.1 Å². The summed E-state index contributed by atoms with van der Waals surface area (Å²) in [5, 5.41) is 9.88. The van der Waals surface area contributed by atoms with Gasteiger partial charge in [-0.15, -0.1) is 0 Å². The Bertz CT molecular complexity index is 675. The molecule has 4 nitrogen and oxygen atoms in total. The van der Waals surface area contributed by atoms with Gasteiger partial charge in [0.25, 0.3) is 0 Å². The van der Waals surface area contributed by atoms with Gasteiger partial charge in [0.2, 0.25) is 6.10 Å². The van der Waals surface area contributed by atoms with Crippen molar-refractivity contribution in [3.8, 4) is 5.75 Å². The lowest BCUT2D eigenvalue weighted by molar-refractivity contribution is -0.188. The summed E-state index contributed by atoms with van der Waals surface area (Å²) < 4.78 is 57.3. The molecule has 0 radical (unpaired) electrons. The van der Waals surface area contributed by atoms with Crippen molar-refractivity contribution in [1.29, 1.82) is 0 Å². The quantitative estimate of drug-likeness (QED) is 0.791. The zero-order valence-electron chi connectivity index (χ0n) is 13.0. The van der Waals surface area contributed by atoms with Gasteiger partial charge >= 0.3 is 12.1 Å². The number of hydrogen-bond acceptors (Lipinski definition) is 4. The number of ether oxygens (including phenoxy) is 2. The first-order valence-corrected chi connectivity index (χ1v) is 7.41. The van der Waals surface area contributed by atoms with E-state index in [9.17, 15) is 23.1 Å². The van der Waals surface area contributed by atoms with Crippen molar-refractivity contribution in [2.75, 3.05) is 6.61 Å². The maximum atomic E-state index is 13.3. The highest BCUT2D eigenvalue weighted by molar-refractivity contribution is 9.10. The lowest BCUT2D eigenvalue weighted by atomic mass is 9.97. The highest BCUT2D eigenvalue weighted by atomic mass is 79.9. The number of hydrogen-bond donors (Lipinski definition) is 1. The van der Waals surface area contributed by atoms with Crippen LogP contribution in [0.3, 0.4) is 0 Å². The first-order valence-electron chi connectivity index (χ1n) is 7.32. The van der Waals surface area contributed by atoms with Gasteiger partial charge in [0.05, 0.1) is 18.3 Å². The van der Waals surface area contributed by atoms with Gasteiger partial charge in [0.15, 0.2) is 0 Å². The minimum absolute atomic E-state index is 0.0442. The normalized spacial score (nSPS) is 19.1. The van der Waals surface area contributed by atoms with Crippen molar-refractivity contribution >= 4 is 28.0 Å². The molecule has 1 aliphatic heterocycles. The zero-order valence-corrected chi connectivity index (χ0v) is 13.6. The van der Waals surface area contributed by atoms with Crippen molar-refractivity contribution in [2.45, 2.75) is 32.2 Å². The van der Waals surface area contributed by atoms with Crippen LogP contribution in [-0.4, -0.2) is 30.0 Å². The maximum Gasteiger partial charge on any atom is 0.430 e. The van der Waals surface area contributed by atoms with Crippen LogP contribution in [0, 0.1) is 0 Å². The summed E-state index contributed by atoms with van der Waals surface area (Å²) in [6.07, 6.45) is -7.61. The number of aliphatic hydroxyl groups excluding tert-OH is 1. The van der Waals surface area contributed by atoms with E-state index < -0.39 is 36.8 Å². The lowest BCUT2D eigenvalue weighted by Gasteiger charge is -2.29. The Labute approximate surface area is 140 Å². The van der Waals surface area contributed by atoms with Crippen molar-refractivity contribution in [3.05, 3.63) is 33.3 Å². The highest BCUT2D eigenvalue weighted by Crippen LogP contribution is 2.42. The fourth-order valence-corrected chi connectivity index (χ4v) is 2.67. The number of aliphatic hydroxyl groups is 1. The van der Waals surface area contributed by atoms with E-state index in [4.69, 9.17) is 6.11 Å². The van der Waals surface area contributed by atoms with Crippen LogP contribution in [0.5, 0.6) is 5.75 Å². The van der Waals surface area contributed by atoms with Crippen molar-refractivity contribution in [2.24, 2.45) is 0 Å². The largest absolute Gasteiger partial charge is 0.475 e. The van der Waals surface area contributed by atoms with E-state index in [1.807, 2.05) is 0 Å². The van der Waals surface area contributed by atoms with Crippen LogP contribution < -0.4 is 4.74 Å². The first-order chi connectivity index (χ1) is 11.2. The van der Waals surface area contributed by atoms with E-state index in [2.05, 4.69) is 20.7 Å². The van der Waals surface area contributed by atoms with Crippen LogP contribution in [0.25, 0.3) is 6.08 Å². The molecular formula is C15H14BrF3O4. The number of benzene rings is 1. The molecule has 2 rings (SSSR count). The Morgan fingerprint density at radius 1 is 1.57 bits per heavy atom. The molecule has 0 spiro atoms. The zero-order chi connectivity index (χ0) is 18.1. The Morgan fingerprint density at radius 2 is 2.26 bits per heavy atom. The minimum atomic E-state index is -4.84. The minimum Gasteiger partial charge on any atom is -0.475 e. The topological polar surface area (TPSA) is 55.8 Å². The molecule has 0 fully saturated rings. The summed E-state index contributed by atoms with van der Waals surface area (Å²) in [4.78, 5) is 11.9. The average Bonchev–Trinajstić information content (AvgIpc) is 2.51. The summed E-state index contributed by atoms with van der Waals surface area (Å²) >= 11 is 3.19. The standard InChI is InChI=1S/C15H14BrF3O4/c1-3-22-14(21)11-5-8-4-9(16)6-10(7(2)20)12(8)23-13(11)15(17,18)19/h4-7,13,20H,3H2,1-2H3/i2D. The Morgan fingerprint density at radius 3 is 2.83 bits per heavy atom. The van der Waals surface area contributed by atoms with Gasteiger partial charge in [-0.1, -0.05) is 15.9 Å². The van der Waals surface area contributed by atoms with Crippen LogP contribution in [0.4, 0.5) is 13.2 Å². The van der Waals surface area contributed by atoms with E-state index in [-0.39, 0.29) is 23.5 Å².